The van der Waals surface area contributed by atoms with E-state index in [2.05, 4.69) is 5.32 Å². The Morgan fingerprint density at radius 2 is 1.47 bits per heavy atom. The minimum atomic E-state index is -0.488. The topological polar surface area (TPSA) is 77.1 Å². The second-order valence-corrected chi connectivity index (χ2v) is 7.92. The molecule has 0 aliphatic carbocycles. The van der Waals surface area contributed by atoms with Crippen LogP contribution in [0.15, 0.2) is 78.5 Å². The van der Waals surface area contributed by atoms with Gasteiger partial charge >= 0.3 is 0 Å². The minimum Gasteiger partial charge on any atom is -0.497 e. The van der Waals surface area contributed by atoms with E-state index in [-0.39, 0.29) is 17.4 Å². The first-order chi connectivity index (χ1) is 16.4. The van der Waals surface area contributed by atoms with Gasteiger partial charge in [-0.25, -0.2) is 4.90 Å². The van der Waals surface area contributed by atoms with Crippen LogP contribution in [-0.4, -0.2) is 32.1 Å². The summed E-state index contributed by atoms with van der Waals surface area (Å²) in [5.41, 5.74) is 2.05. The summed E-state index contributed by atoms with van der Waals surface area (Å²) in [5.74, 6) is 0.656. The lowest BCUT2D eigenvalue weighted by Crippen LogP contribution is -2.32. The molecule has 0 aromatic heterocycles. The van der Waals surface area contributed by atoms with Gasteiger partial charge in [0.1, 0.15) is 22.9 Å². The van der Waals surface area contributed by atoms with Crippen molar-refractivity contribution in [1.29, 1.82) is 0 Å². The molecule has 1 aliphatic heterocycles. The molecule has 7 heteroatoms. The first kappa shape index (κ1) is 22.9. The van der Waals surface area contributed by atoms with Crippen LogP contribution < -0.4 is 24.4 Å². The predicted octanol–water partition coefficient (Wildman–Crippen LogP) is 4.89. The van der Waals surface area contributed by atoms with Gasteiger partial charge in [0, 0.05) is 11.8 Å². The zero-order valence-corrected chi connectivity index (χ0v) is 19.5. The lowest BCUT2D eigenvalue weighted by atomic mass is 10.0. The van der Waals surface area contributed by atoms with E-state index >= 15 is 0 Å². The molecule has 1 aliphatic rings. The first-order valence-electron chi connectivity index (χ1n) is 10.9. The third-order valence-electron chi connectivity index (χ3n) is 5.27. The van der Waals surface area contributed by atoms with Crippen LogP contribution in [0.5, 0.6) is 17.2 Å². The van der Waals surface area contributed by atoms with Crippen molar-refractivity contribution in [2.75, 3.05) is 24.4 Å². The van der Waals surface area contributed by atoms with Crippen LogP contribution in [0, 0.1) is 0 Å². The summed E-state index contributed by atoms with van der Waals surface area (Å²) in [7, 11) is 3.01. The Bertz CT molecular complexity index is 1230. The van der Waals surface area contributed by atoms with Gasteiger partial charge < -0.3 is 19.5 Å². The second-order valence-electron chi connectivity index (χ2n) is 7.92. The lowest BCUT2D eigenvalue weighted by Gasteiger charge is -2.19. The summed E-state index contributed by atoms with van der Waals surface area (Å²) in [5, 5.41) is 3.16. The Labute approximate surface area is 198 Å². The molecule has 7 nitrogen and oxygen atoms in total. The molecule has 0 spiro atoms. The number of anilines is 2. The number of imide groups is 1. The van der Waals surface area contributed by atoms with Crippen molar-refractivity contribution in [1.82, 2.24) is 0 Å². The van der Waals surface area contributed by atoms with E-state index in [1.807, 2.05) is 44.2 Å². The minimum absolute atomic E-state index is 0.0478. The third-order valence-corrected chi connectivity index (χ3v) is 5.27. The number of nitrogens with zero attached hydrogens (tertiary/aromatic N) is 1. The van der Waals surface area contributed by atoms with E-state index in [0.717, 1.165) is 10.6 Å². The maximum Gasteiger partial charge on any atom is 0.282 e. The Hall–Kier alpha value is -4.26. The molecule has 3 aromatic carbocycles. The SMILES string of the molecule is COc1ccc(OC)c(N2C(=O)C(Nc3ccc(OC(C)C)cc3)=C(c3ccccc3)C2=O)c1. The number of carbonyl (C=O) groups excluding carboxylic acids is 2. The fourth-order valence-electron chi connectivity index (χ4n) is 3.74. The molecule has 34 heavy (non-hydrogen) atoms. The number of nitrogens with one attached hydrogen (secondary N) is 1. The maximum atomic E-state index is 13.7. The van der Waals surface area contributed by atoms with Crippen LogP contribution in [0.4, 0.5) is 11.4 Å². The van der Waals surface area contributed by atoms with Crippen LogP contribution in [-0.2, 0) is 9.59 Å². The number of benzene rings is 3. The Morgan fingerprint density at radius 1 is 0.794 bits per heavy atom. The molecule has 0 saturated heterocycles. The quantitative estimate of drug-likeness (QED) is 0.485. The highest BCUT2D eigenvalue weighted by atomic mass is 16.5. The van der Waals surface area contributed by atoms with Gasteiger partial charge in [-0.2, -0.15) is 0 Å². The molecule has 0 radical (unpaired) electrons. The molecule has 1 N–H and O–H groups in total. The van der Waals surface area contributed by atoms with Crippen molar-refractivity contribution in [3.8, 4) is 17.2 Å². The van der Waals surface area contributed by atoms with Gasteiger partial charge in [0.2, 0.25) is 0 Å². The van der Waals surface area contributed by atoms with Gasteiger partial charge in [0.05, 0.1) is 31.6 Å². The number of carbonyl (C=O) groups is 2. The number of amides is 2. The van der Waals surface area contributed by atoms with E-state index in [0.29, 0.717) is 28.4 Å². The van der Waals surface area contributed by atoms with Crippen molar-refractivity contribution < 1.29 is 23.8 Å². The van der Waals surface area contributed by atoms with Gasteiger partial charge in [-0.3, -0.25) is 9.59 Å². The van der Waals surface area contributed by atoms with Gasteiger partial charge in [-0.15, -0.1) is 0 Å². The monoisotopic (exact) mass is 458 g/mol. The van der Waals surface area contributed by atoms with Gasteiger partial charge in [-0.05, 0) is 55.8 Å². The Morgan fingerprint density at radius 3 is 2.09 bits per heavy atom. The molecule has 0 fully saturated rings. The smallest absolute Gasteiger partial charge is 0.282 e. The standard InChI is InChI=1S/C27H26N2O5/c1-17(2)34-20-12-10-19(11-13-20)28-25-24(18-8-6-5-7-9-18)26(30)29(27(25)31)22-16-21(32-3)14-15-23(22)33-4/h5-17,28H,1-4H3. The van der Waals surface area contributed by atoms with Crippen molar-refractivity contribution in [2.45, 2.75) is 20.0 Å². The van der Waals surface area contributed by atoms with Crippen LogP contribution in [0.2, 0.25) is 0 Å². The van der Waals surface area contributed by atoms with E-state index in [9.17, 15) is 9.59 Å². The fraction of sp³-hybridized carbons (Fsp3) is 0.185. The van der Waals surface area contributed by atoms with Gasteiger partial charge in [-0.1, -0.05) is 30.3 Å². The summed E-state index contributed by atoms with van der Waals surface area (Å²) in [4.78, 5) is 28.4. The zero-order valence-electron chi connectivity index (χ0n) is 19.5. The number of hydrogen-bond donors (Lipinski definition) is 1. The average molecular weight is 459 g/mol. The molecule has 2 amide bonds. The molecule has 174 valence electrons. The Balaban J connectivity index is 1.77. The van der Waals surface area contributed by atoms with Crippen molar-refractivity contribution in [3.63, 3.8) is 0 Å². The van der Waals surface area contributed by atoms with E-state index in [1.54, 1.807) is 42.5 Å². The summed E-state index contributed by atoms with van der Waals surface area (Å²) in [6, 6.07) is 21.3. The molecule has 0 saturated carbocycles. The molecule has 3 aromatic rings. The molecule has 0 atom stereocenters. The zero-order chi connectivity index (χ0) is 24.2. The summed E-state index contributed by atoms with van der Waals surface area (Å²) in [6.45, 7) is 3.90. The largest absolute Gasteiger partial charge is 0.497 e. The van der Waals surface area contributed by atoms with E-state index in [1.165, 1.54) is 14.2 Å². The van der Waals surface area contributed by atoms with E-state index in [4.69, 9.17) is 14.2 Å². The normalized spacial score (nSPS) is 13.5. The molecule has 0 unspecified atom stereocenters. The summed E-state index contributed by atoms with van der Waals surface area (Å²) in [6.07, 6.45) is 0.0478. The summed E-state index contributed by atoms with van der Waals surface area (Å²) >= 11 is 0. The lowest BCUT2D eigenvalue weighted by molar-refractivity contribution is -0.120. The van der Waals surface area contributed by atoms with Crippen LogP contribution >= 0.6 is 0 Å². The van der Waals surface area contributed by atoms with Crippen molar-refractivity contribution in [3.05, 3.63) is 84.1 Å². The second kappa shape index (κ2) is 9.70. The average Bonchev–Trinajstić information content (AvgIpc) is 3.09. The highest BCUT2D eigenvalue weighted by Crippen LogP contribution is 2.39. The molecular weight excluding hydrogens is 432 g/mol. The molecule has 0 bridgehead atoms. The number of methoxy groups -OCH3 is 2. The highest BCUT2D eigenvalue weighted by Gasteiger charge is 2.41. The Kier molecular flexibility index (Phi) is 6.54. The number of rotatable bonds is 8. The summed E-state index contributed by atoms with van der Waals surface area (Å²) < 4.78 is 16.4. The highest BCUT2D eigenvalue weighted by molar-refractivity contribution is 6.46. The predicted molar refractivity (Wildman–Crippen MR) is 131 cm³/mol. The number of hydrogen-bond acceptors (Lipinski definition) is 6. The van der Waals surface area contributed by atoms with Crippen molar-refractivity contribution >= 4 is 28.8 Å². The number of ether oxygens (including phenoxy) is 3. The molecule has 1 heterocycles. The van der Waals surface area contributed by atoms with Crippen LogP contribution in [0.1, 0.15) is 19.4 Å². The van der Waals surface area contributed by atoms with Crippen molar-refractivity contribution in [2.24, 2.45) is 0 Å². The maximum absolute atomic E-state index is 13.7. The molecular formula is C27H26N2O5. The van der Waals surface area contributed by atoms with E-state index < -0.39 is 11.8 Å². The van der Waals surface area contributed by atoms with Gasteiger partial charge in [0.25, 0.3) is 11.8 Å². The van der Waals surface area contributed by atoms with Crippen LogP contribution in [0.3, 0.4) is 0 Å². The molecule has 4 rings (SSSR count). The fourth-order valence-corrected chi connectivity index (χ4v) is 3.74. The van der Waals surface area contributed by atoms with Crippen LogP contribution in [0.25, 0.3) is 5.57 Å². The third kappa shape index (κ3) is 4.45. The first-order valence-corrected chi connectivity index (χ1v) is 10.9. The van der Waals surface area contributed by atoms with Gasteiger partial charge in [0.15, 0.2) is 0 Å².